The van der Waals surface area contributed by atoms with Gasteiger partial charge in [-0.1, -0.05) is 38.3 Å². The Balaban J connectivity index is 1.97. The number of hydrogen-bond donors (Lipinski definition) is 1. The van der Waals surface area contributed by atoms with Gasteiger partial charge in [0.15, 0.2) is 0 Å². The SMILES string of the molecule is CCCCCCNc1nc2ccccc2n1C. The molecule has 92 valence electrons. The lowest BCUT2D eigenvalue weighted by atomic mass is 10.2. The Morgan fingerprint density at radius 2 is 2.00 bits per heavy atom. The Labute approximate surface area is 103 Å². The second kappa shape index (κ2) is 5.71. The molecule has 0 amide bonds. The van der Waals surface area contributed by atoms with Gasteiger partial charge in [-0.3, -0.25) is 0 Å². The second-order valence-corrected chi connectivity index (χ2v) is 4.47. The minimum atomic E-state index is 0.975. The first-order valence-electron chi connectivity index (χ1n) is 6.48. The highest BCUT2D eigenvalue weighted by atomic mass is 15.2. The Bertz CT molecular complexity index is 473. The molecule has 3 heteroatoms. The molecule has 0 spiro atoms. The molecule has 0 fully saturated rings. The van der Waals surface area contributed by atoms with Crippen LogP contribution in [0.2, 0.25) is 0 Å². The van der Waals surface area contributed by atoms with Crippen LogP contribution in [0.15, 0.2) is 24.3 Å². The summed E-state index contributed by atoms with van der Waals surface area (Å²) < 4.78 is 2.12. The van der Waals surface area contributed by atoms with Crippen LogP contribution in [0.25, 0.3) is 11.0 Å². The predicted octanol–water partition coefficient (Wildman–Crippen LogP) is 3.57. The van der Waals surface area contributed by atoms with Crippen molar-refractivity contribution in [2.24, 2.45) is 7.05 Å². The number of imidazole rings is 1. The summed E-state index contributed by atoms with van der Waals surface area (Å²) in [6, 6.07) is 8.23. The molecule has 1 N–H and O–H groups in total. The standard InChI is InChI=1S/C14H21N3/c1-3-4-5-8-11-15-14-16-12-9-6-7-10-13(12)17(14)2/h6-7,9-10H,3-5,8,11H2,1-2H3,(H,15,16). The monoisotopic (exact) mass is 231 g/mol. The number of hydrogen-bond acceptors (Lipinski definition) is 2. The number of fused-ring (bicyclic) bond motifs is 1. The maximum absolute atomic E-state index is 4.58. The molecule has 1 aromatic heterocycles. The van der Waals surface area contributed by atoms with Crippen molar-refractivity contribution in [3.8, 4) is 0 Å². The molecule has 0 unspecified atom stereocenters. The van der Waals surface area contributed by atoms with Gasteiger partial charge in [-0.05, 0) is 18.6 Å². The number of unbranched alkanes of at least 4 members (excludes halogenated alkanes) is 3. The van der Waals surface area contributed by atoms with E-state index in [1.54, 1.807) is 0 Å². The lowest BCUT2D eigenvalue weighted by molar-refractivity contribution is 0.682. The van der Waals surface area contributed by atoms with E-state index in [9.17, 15) is 0 Å². The van der Waals surface area contributed by atoms with Crippen molar-refractivity contribution >= 4 is 17.0 Å². The van der Waals surface area contributed by atoms with E-state index >= 15 is 0 Å². The molecule has 1 heterocycles. The van der Waals surface area contributed by atoms with Crippen molar-refractivity contribution in [3.05, 3.63) is 24.3 Å². The third kappa shape index (κ3) is 2.78. The topological polar surface area (TPSA) is 29.9 Å². The normalized spacial score (nSPS) is 10.9. The minimum absolute atomic E-state index is 0.975. The van der Waals surface area contributed by atoms with E-state index in [0.29, 0.717) is 0 Å². The molecule has 0 radical (unpaired) electrons. The summed E-state index contributed by atoms with van der Waals surface area (Å²) >= 11 is 0. The van der Waals surface area contributed by atoms with E-state index in [0.717, 1.165) is 18.0 Å². The van der Waals surface area contributed by atoms with Gasteiger partial charge < -0.3 is 9.88 Å². The average Bonchev–Trinajstić information content (AvgIpc) is 2.67. The molecule has 0 bridgehead atoms. The summed E-state index contributed by atoms with van der Waals surface area (Å²) in [5.41, 5.74) is 2.25. The van der Waals surface area contributed by atoms with E-state index in [1.165, 1.54) is 31.2 Å². The zero-order chi connectivity index (χ0) is 12.1. The van der Waals surface area contributed by atoms with Gasteiger partial charge in [0.1, 0.15) is 0 Å². The molecule has 2 aromatic rings. The number of aromatic nitrogens is 2. The molecule has 0 saturated heterocycles. The van der Waals surface area contributed by atoms with E-state index in [1.807, 2.05) is 6.07 Å². The van der Waals surface area contributed by atoms with Crippen LogP contribution in [-0.4, -0.2) is 16.1 Å². The Hall–Kier alpha value is -1.51. The largest absolute Gasteiger partial charge is 0.356 e. The highest BCUT2D eigenvalue weighted by Crippen LogP contribution is 2.17. The Kier molecular flexibility index (Phi) is 4.02. The zero-order valence-corrected chi connectivity index (χ0v) is 10.7. The van der Waals surface area contributed by atoms with Gasteiger partial charge in [0.25, 0.3) is 0 Å². The number of nitrogens with zero attached hydrogens (tertiary/aromatic N) is 2. The number of nitrogens with one attached hydrogen (secondary N) is 1. The lowest BCUT2D eigenvalue weighted by Crippen LogP contribution is -2.06. The maximum Gasteiger partial charge on any atom is 0.203 e. The van der Waals surface area contributed by atoms with Crippen molar-refractivity contribution in [1.29, 1.82) is 0 Å². The molecule has 2 rings (SSSR count). The molecule has 0 aliphatic carbocycles. The molecular formula is C14H21N3. The third-order valence-electron chi connectivity index (χ3n) is 3.10. The van der Waals surface area contributed by atoms with Crippen molar-refractivity contribution in [2.45, 2.75) is 32.6 Å². The highest BCUT2D eigenvalue weighted by Gasteiger charge is 2.05. The van der Waals surface area contributed by atoms with E-state index in [2.05, 4.69) is 47.0 Å². The van der Waals surface area contributed by atoms with Gasteiger partial charge in [-0.25, -0.2) is 4.98 Å². The van der Waals surface area contributed by atoms with Gasteiger partial charge in [-0.2, -0.15) is 0 Å². The molecule has 0 saturated carbocycles. The van der Waals surface area contributed by atoms with E-state index in [-0.39, 0.29) is 0 Å². The predicted molar refractivity (Wildman–Crippen MR) is 73.3 cm³/mol. The lowest BCUT2D eigenvalue weighted by Gasteiger charge is -2.05. The first-order chi connectivity index (χ1) is 8.33. The number of para-hydroxylation sites is 2. The number of anilines is 1. The molecule has 0 aliphatic heterocycles. The van der Waals surface area contributed by atoms with Gasteiger partial charge in [0.2, 0.25) is 5.95 Å². The fourth-order valence-corrected chi connectivity index (χ4v) is 2.06. The molecule has 17 heavy (non-hydrogen) atoms. The van der Waals surface area contributed by atoms with Gasteiger partial charge in [0.05, 0.1) is 11.0 Å². The van der Waals surface area contributed by atoms with Crippen LogP contribution in [0.1, 0.15) is 32.6 Å². The van der Waals surface area contributed by atoms with Gasteiger partial charge in [-0.15, -0.1) is 0 Å². The summed E-state index contributed by atoms with van der Waals surface area (Å²) in [4.78, 5) is 4.58. The summed E-state index contributed by atoms with van der Waals surface area (Å²) in [5, 5.41) is 3.41. The van der Waals surface area contributed by atoms with Crippen LogP contribution in [-0.2, 0) is 7.05 Å². The molecular weight excluding hydrogens is 210 g/mol. The van der Waals surface area contributed by atoms with Crippen LogP contribution in [0, 0.1) is 0 Å². The van der Waals surface area contributed by atoms with Crippen molar-refractivity contribution in [3.63, 3.8) is 0 Å². The quantitative estimate of drug-likeness (QED) is 0.770. The number of rotatable bonds is 6. The molecule has 1 aromatic carbocycles. The first-order valence-corrected chi connectivity index (χ1v) is 6.48. The van der Waals surface area contributed by atoms with E-state index < -0.39 is 0 Å². The smallest absolute Gasteiger partial charge is 0.203 e. The summed E-state index contributed by atoms with van der Waals surface area (Å²) in [7, 11) is 2.06. The zero-order valence-electron chi connectivity index (χ0n) is 10.7. The van der Waals surface area contributed by atoms with Crippen LogP contribution in [0.3, 0.4) is 0 Å². The molecule has 0 atom stereocenters. The molecule has 0 aliphatic rings. The second-order valence-electron chi connectivity index (χ2n) is 4.47. The molecule has 3 nitrogen and oxygen atoms in total. The third-order valence-corrected chi connectivity index (χ3v) is 3.10. The fourth-order valence-electron chi connectivity index (χ4n) is 2.06. The van der Waals surface area contributed by atoms with Crippen LogP contribution in [0.4, 0.5) is 5.95 Å². The Morgan fingerprint density at radius 3 is 2.76 bits per heavy atom. The Morgan fingerprint density at radius 1 is 1.18 bits per heavy atom. The number of aryl methyl sites for hydroxylation is 1. The minimum Gasteiger partial charge on any atom is -0.356 e. The van der Waals surface area contributed by atoms with E-state index in [4.69, 9.17) is 0 Å². The average molecular weight is 231 g/mol. The van der Waals surface area contributed by atoms with Gasteiger partial charge in [0, 0.05) is 13.6 Å². The highest BCUT2D eigenvalue weighted by molar-refractivity contribution is 5.78. The first kappa shape index (κ1) is 12.0. The van der Waals surface area contributed by atoms with Crippen molar-refractivity contribution in [2.75, 3.05) is 11.9 Å². The fraction of sp³-hybridized carbons (Fsp3) is 0.500. The summed E-state index contributed by atoms with van der Waals surface area (Å²) in [6.45, 7) is 3.25. The van der Waals surface area contributed by atoms with Gasteiger partial charge >= 0.3 is 0 Å². The van der Waals surface area contributed by atoms with Crippen LogP contribution in [0.5, 0.6) is 0 Å². The summed E-state index contributed by atoms with van der Waals surface area (Å²) in [6.07, 6.45) is 5.13. The van der Waals surface area contributed by atoms with Crippen molar-refractivity contribution < 1.29 is 0 Å². The number of benzene rings is 1. The van der Waals surface area contributed by atoms with Crippen LogP contribution >= 0.6 is 0 Å². The van der Waals surface area contributed by atoms with Crippen molar-refractivity contribution in [1.82, 2.24) is 9.55 Å². The summed E-state index contributed by atoms with van der Waals surface area (Å²) in [5.74, 6) is 0.975. The van der Waals surface area contributed by atoms with Crippen LogP contribution < -0.4 is 5.32 Å². The maximum atomic E-state index is 4.58.